The van der Waals surface area contributed by atoms with E-state index in [0.717, 1.165) is 29.5 Å². The summed E-state index contributed by atoms with van der Waals surface area (Å²) in [6.07, 6.45) is 3.44. The first-order valence-corrected chi connectivity index (χ1v) is 7.38. The van der Waals surface area contributed by atoms with Crippen LogP contribution >= 0.6 is 11.5 Å². The summed E-state index contributed by atoms with van der Waals surface area (Å²) in [6, 6.07) is 8.04. The SMILES string of the molecule is OCc1ccc(CCNc2nc(C3CC3)ns2)cc1. The molecule has 0 unspecified atom stereocenters. The van der Waals surface area contributed by atoms with Gasteiger partial charge >= 0.3 is 0 Å². The highest BCUT2D eigenvalue weighted by Crippen LogP contribution is 2.39. The van der Waals surface area contributed by atoms with Crippen LogP contribution in [0.1, 0.15) is 35.7 Å². The third-order valence-electron chi connectivity index (χ3n) is 3.28. The van der Waals surface area contributed by atoms with Gasteiger partial charge in [-0.25, -0.2) is 4.98 Å². The molecular weight excluding hydrogens is 258 g/mol. The Balaban J connectivity index is 1.48. The van der Waals surface area contributed by atoms with Crippen LogP contribution in [0.15, 0.2) is 24.3 Å². The van der Waals surface area contributed by atoms with E-state index in [9.17, 15) is 0 Å². The maximum Gasteiger partial charge on any atom is 0.202 e. The van der Waals surface area contributed by atoms with E-state index in [4.69, 9.17) is 5.11 Å². The molecule has 100 valence electrons. The molecule has 1 aromatic carbocycles. The number of nitrogens with one attached hydrogen (secondary N) is 1. The lowest BCUT2D eigenvalue weighted by molar-refractivity contribution is 0.282. The number of nitrogens with zero attached hydrogens (tertiary/aromatic N) is 2. The quantitative estimate of drug-likeness (QED) is 0.850. The van der Waals surface area contributed by atoms with Crippen molar-refractivity contribution in [2.75, 3.05) is 11.9 Å². The predicted molar refractivity (Wildman–Crippen MR) is 76.4 cm³/mol. The summed E-state index contributed by atoms with van der Waals surface area (Å²) in [5.74, 6) is 1.64. The van der Waals surface area contributed by atoms with Gasteiger partial charge in [-0.15, -0.1) is 0 Å². The van der Waals surface area contributed by atoms with Crippen LogP contribution in [-0.2, 0) is 13.0 Å². The molecule has 1 aromatic heterocycles. The monoisotopic (exact) mass is 275 g/mol. The Morgan fingerprint density at radius 2 is 1.95 bits per heavy atom. The Bertz CT molecular complexity index is 534. The lowest BCUT2D eigenvalue weighted by Gasteiger charge is -2.03. The Hall–Kier alpha value is -1.46. The summed E-state index contributed by atoms with van der Waals surface area (Å²) in [7, 11) is 0. The van der Waals surface area contributed by atoms with Crippen molar-refractivity contribution in [3.63, 3.8) is 0 Å². The molecule has 1 aliphatic rings. The maximum absolute atomic E-state index is 8.98. The second kappa shape index (κ2) is 5.67. The van der Waals surface area contributed by atoms with Gasteiger partial charge in [0.2, 0.25) is 5.13 Å². The van der Waals surface area contributed by atoms with E-state index in [2.05, 4.69) is 26.8 Å². The van der Waals surface area contributed by atoms with Crippen molar-refractivity contribution < 1.29 is 5.11 Å². The summed E-state index contributed by atoms with van der Waals surface area (Å²) in [5, 5.41) is 13.2. The standard InChI is InChI=1S/C14H17N3OS/c18-9-11-3-1-10(2-4-11)7-8-15-14-16-13(17-19-14)12-5-6-12/h1-4,12,18H,5-9H2,(H,15,16,17). The zero-order valence-corrected chi connectivity index (χ0v) is 11.5. The minimum atomic E-state index is 0.104. The molecule has 19 heavy (non-hydrogen) atoms. The van der Waals surface area contributed by atoms with Gasteiger partial charge in [0.15, 0.2) is 0 Å². The predicted octanol–water partition coefficient (Wildman–Crippen LogP) is 2.56. The molecule has 0 amide bonds. The molecule has 0 aliphatic heterocycles. The van der Waals surface area contributed by atoms with Gasteiger partial charge in [-0.3, -0.25) is 0 Å². The zero-order valence-electron chi connectivity index (χ0n) is 10.7. The fraction of sp³-hybridized carbons (Fsp3) is 0.429. The van der Waals surface area contributed by atoms with Crippen LogP contribution in [0.3, 0.4) is 0 Å². The van der Waals surface area contributed by atoms with Gasteiger partial charge in [-0.2, -0.15) is 4.37 Å². The molecule has 0 saturated heterocycles. The molecule has 3 rings (SSSR count). The third kappa shape index (κ3) is 3.30. The van der Waals surface area contributed by atoms with Gasteiger partial charge in [0, 0.05) is 24.0 Å². The molecule has 2 N–H and O–H groups in total. The normalized spacial score (nSPS) is 14.6. The Labute approximate surface area is 116 Å². The summed E-state index contributed by atoms with van der Waals surface area (Å²) in [6.45, 7) is 0.963. The zero-order chi connectivity index (χ0) is 13.1. The van der Waals surface area contributed by atoms with Gasteiger partial charge in [0.25, 0.3) is 0 Å². The van der Waals surface area contributed by atoms with Crippen molar-refractivity contribution in [1.29, 1.82) is 0 Å². The topological polar surface area (TPSA) is 58.0 Å². The van der Waals surface area contributed by atoms with Gasteiger partial charge < -0.3 is 10.4 Å². The minimum absolute atomic E-state index is 0.104. The number of hydrogen-bond acceptors (Lipinski definition) is 5. The van der Waals surface area contributed by atoms with E-state index in [1.54, 1.807) is 0 Å². The van der Waals surface area contributed by atoms with Crippen molar-refractivity contribution in [1.82, 2.24) is 9.36 Å². The lowest BCUT2D eigenvalue weighted by atomic mass is 10.1. The highest BCUT2D eigenvalue weighted by molar-refractivity contribution is 7.09. The summed E-state index contributed by atoms with van der Waals surface area (Å²) >= 11 is 1.45. The van der Waals surface area contributed by atoms with E-state index >= 15 is 0 Å². The van der Waals surface area contributed by atoms with Crippen molar-refractivity contribution >= 4 is 16.7 Å². The fourth-order valence-electron chi connectivity index (χ4n) is 1.94. The van der Waals surface area contributed by atoms with Gasteiger partial charge in [0.05, 0.1) is 6.61 Å². The number of anilines is 1. The number of rotatable bonds is 6. The Kier molecular flexibility index (Phi) is 3.75. The third-order valence-corrected chi connectivity index (χ3v) is 3.97. The molecule has 0 radical (unpaired) electrons. The van der Waals surface area contributed by atoms with Crippen LogP contribution in [0.2, 0.25) is 0 Å². The number of aliphatic hydroxyl groups is 1. The number of hydrogen-bond donors (Lipinski definition) is 2. The van der Waals surface area contributed by atoms with E-state index in [-0.39, 0.29) is 6.61 Å². The minimum Gasteiger partial charge on any atom is -0.392 e. The molecule has 4 nitrogen and oxygen atoms in total. The highest BCUT2D eigenvalue weighted by atomic mass is 32.1. The van der Waals surface area contributed by atoms with E-state index < -0.39 is 0 Å². The van der Waals surface area contributed by atoms with Crippen LogP contribution in [-0.4, -0.2) is 21.0 Å². The largest absolute Gasteiger partial charge is 0.392 e. The average Bonchev–Trinajstić information content (AvgIpc) is 3.20. The number of aliphatic hydroxyl groups excluding tert-OH is 1. The molecule has 5 heteroatoms. The second-order valence-corrected chi connectivity index (χ2v) is 5.64. The molecule has 0 spiro atoms. The summed E-state index contributed by atoms with van der Waals surface area (Å²) in [5.41, 5.74) is 2.21. The van der Waals surface area contributed by atoms with Crippen LogP contribution in [0.25, 0.3) is 0 Å². The van der Waals surface area contributed by atoms with Gasteiger partial charge in [0.1, 0.15) is 5.82 Å². The van der Waals surface area contributed by atoms with Crippen molar-refractivity contribution in [2.45, 2.75) is 31.8 Å². The van der Waals surface area contributed by atoms with Crippen molar-refractivity contribution in [2.24, 2.45) is 0 Å². The van der Waals surface area contributed by atoms with Crippen molar-refractivity contribution in [3.05, 3.63) is 41.2 Å². The molecule has 2 aromatic rings. The summed E-state index contributed by atoms with van der Waals surface area (Å²) in [4.78, 5) is 4.49. The van der Waals surface area contributed by atoms with E-state index in [1.807, 2.05) is 12.1 Å². The van der Waals surface area contributed by atoms with Gasteiger partial charge in [-0.05, 0) is 30.4 Å². The van der Waals surface area contributed by atoms with Crippen LogP contribution in [0.4, 0.5) is 5.13 Å². The van der Waals surface area contributed by atoms with Gasteiger partial charge in [-0.1, -0.05) is 24.3 Å². The molecule has 0 bridgehead atoms. The first-order valence-electron chi connectivity index (χ1n) is 6.61. The summed E-state index contributed by atoms with van der Waals surface area (Å²) < 4.78 is 4.37. The Morgan fingerprint density at radius 1 is 1.21 bits per heavy atom. The molecule has 0 atom stereocenters. The number of aromatic nitrogens is 2. The fourth-order valence-corrected chi connectivity index (χ4v) is 2.61. The molecule has 1 fully saturated rings. The first-order chi connectivity index (χ1) is 9.35. The lowest BCUT2D eigenvalue weighted by Crippen LogP contribution is -2.04. The van der Waals surface area contributed by atoms with Crippen molar-refractivity contribution in [3.8, 4) is 0 Å². The number of benzene rings is 1. The molecular formula is C14H17N3OS. The smallest absolute Gasteiger partial charge is 0.202 e. The maximum atomic E-state index is 8.98. The molecule has 1 aliphatic carbocycles. The van der Waals surface area contributed by atoms with E-state index in [0.29, 0.717) is 5.92 Å². The van der Waals surface area contributed by atoms with Crippen LogP contribution in [0.5, 0.6) is 0 Å². The average molecular weight is 275 g/mol. The first kappa shape index (κ1) is 12.6. The van der Waals surface area contributed by atoms with E-state index in [1.165, 1.54) is 29.9 Å². The van der Waals surface area contributed by atoms with Crippen LogP contribution < -0.4 is 5.32 Å². The second-order valence-electron chi connectivity index (χ2n) is 4.88. The molecule has 1 heterocycles. The van der Waals surface area contributed by atoms with Crippen LogP contribution in [0, 0.1) is 0 Å². The molecule has 1 saturated carbocycles. The highest BCUT2D eigenvalue weighted by Gasteiger charge is 2.27. The Morgan fingerprint density at radius 3 is 2.63 bits per heavy atom.